The Kier molecular flexibility index (Phi) is 5.04. The number of ether oxygens (including phenoxy) is 2. The SMILES string of the molecule is COc1ccc(OCCn2cc(C)cn2)c(B2OC(C)(C)C(C)(C)O2)c1. The molecule has 1 fully saturated rings. The molecule has 0 unspecified atom stereocenters. The van der Waals surface area contributed by atoms with Gasteiger partial charge in [-0.15, -0.1) is 0 Å². The molecular formula is C19H27BN2O4. The van der Waals surface area contributed by atoms with Crippen molar-refractivity contribution in [1.29, 1.82) is 0 Å². The third-order valence-corrected chi connectivity index (χ3v) is 5.06. The number of nitrogens with zero attached hydrogens (tertiary/aromatic N) is 2. The van der Waals surface area contributed by atoms with Crippen molar-refractivity contribution in [2.75, 3.05) is 13.7 Å². The molecule has 0 radical (unpaired) electrons. The molecule has 7 heteroatoms. The maximum absolute atomic E-state index is 6.18. The Morgan fingerprint density at radius 3 is 2.42 bits per heavy atom. The van der Waals surface area contributed by atoms with Crippen LogP contribution >= 0.6 is 0 Å². The molecule has 0 saturated carbocycles. The smallest absolute Gasteiger partial charge is 0.497 e. The van der Waals surface area contributed by atoms with Gasteiger partial charge in [-0.25, -0.2) is 0 Å². The summed E-state index contributed by atoms with van der Waals surface area (Å²) in [5, 5.41) is 4.28. The van der Waals surface area contributed by atoms with E-state index in [4.69, 9.17) is 18.8 Å². The van der Waals surface area contributed by atoms with Gasteiger partial charge in [0.2, 0.25) is 0 Å². The number of hydrogen-bond donors (Lipinski definition) is 0. The van der Waals surface area contributed by atoms with Crippen molar-refractivity contribution < 1.29 is 18.8 Å². The Bertz CT molecular complexity index is 757. The minimum absolute atomic E-state index is 0.412. The zero-order valence-electron chi connectivity index (χ0n) is 16.4. The molecule has 0 bridgehead atoms. The summed E-state index contributed by atoms with van der Waals surface area (Å²) in [6, 6.07) is 5.69. The Morgan fingerprint density at radius 1 is 1.15 bits per heavy atom. The van der Waals surface area contributed by atoms with Crippen molar-refractivity contribution in [2.45, 2.75) is 52.4 Å². The Labute approximate surface area is 155 Å². The van der Waals surface area contributed by atoms with E-state index < -0.39 is 18.3 Å². The van der Waals surface area contributed by atoms with Crippen molar-refractivity contribution in [3.63, 3.8) is 0 Å². The lowest BCUT2D eigenvalue weighted by Gasteiger charge is -2.32. The lowest BCUT2D eigenvalue weighted by Crippen LogP contribution is -2.41. The molecular weight excluding hydrogens is 331 g/mol. The van der Waals surface area contributed by atoms with Crippen molar-refractivity contribution in [3.05, 3.63) is 36.2 Å². The van der Waals surface area contributed by atoms with Gasteiger partial charge in [-0.1, -0.05) is 0 Å². The molecule has 140 valence electrons. The number of aromatic nitrogens is 2. The van der Waals surface area contributed by atoms with Crippen LogP contribution in [0, 0.1) is 6.92 Å². The van der Waals surface area contributed by atoms with Crippen LogP contribution in [0.3, 0.4) is 0 Å². The topological polar surface area (TPSA) is 54.7 Å². The van der Waals surface area contributed by atoms with E-state index in [1.165, 1.54) is 0 Å². The van der Waals surface area contributed by atoms with Crippen LogP contribution in [-0.4, -0.2) is 41.8 Å². The summed E-state index contributed by atoms with van der Waals surface area (Å²) < 4.78 is 25.6. The van der Waals surface area contributed by atoms with E-state index in [1.807, 2.05) is 69.9 Å². The summed E-state index contributed by atoms with van der Waals surface area (Å²) in [6.45, 7) is 11.3. The van der Waals surface area contributed by atoms with Crippen LogP contribution in [0.25, 0.3) is 0 Å². The van der Waals surface area contributed by atoms with Gasteiger partial charge in [0.15, 0.2) is 0 Å². The van der Waals surface area contributed by atoms with Gasteiger partial charge in [-0.3, -0.25) is 4.68 Å². The molecule has 1 aliphatic heterocycles. The predicted octanol–water partition coefficient (Wildman–Crippen LogP) is 2.58. The van der Waals surface area contributed by atoms with E-state index in [2.05, 4.69) is 5.10 Å². The quantitative estimate of drug-likeness (QED) is 0.743. The highest BCUT2D eigenvalue weighted by atomic mass is 16.7. The van der Waals surface area contributed by atoms with Crippen molar-refractivity contribution in [1.82, 2.24) is 9.78 Å². The normalized spacial score (nSPS) is 18.2. The Balaban J connectivity index is 1.77. The summed E-state index contributed by atoms with van der Waals surface area (Å²) in [7, 11) is 1.14. The Morgan fingerprint density at radius 2 is 1.85 bits per heavy atom. The van der Waals surface area contributed by atoms with E-state index in [-0.39, 0.29) is 0 Å². The molecule has 1 aliphatic rings. The Hall–Kier alpha value is -1.99. The van der Waals surface area contributed by atoms with Crippen LogP contribution in [0.1, 0.15) is 33.3 Å². The maximum atomic E-state index is 6.18. The molecule has 0 spiro atoms. The van der Waals surface area contributed by atoms with Gasteiger partial charge in [-0.05, 0) is 58.4 Å². The number of methoxy groups -OCH3 is 1. The van der Waals surface area contributed by atoms with E-state index in [1.54, 1.807) is 7.11 Å². The second kappa shape index (κ2) is 6.97. The molecule has 3 rings (SSSR count). The summed E-state index contributed by atoms with van der Waals surface area (Å²) in [5.74, 6) is 1.47. The van der Waals surface area contributed by atoms with Crippen molar-refractivity contribution >= 4 is 12.6 Å². The highest BCUT2D eigenvalue weighted by Crippen LogP contribution is 2.37. The van der Waals surface area contributed by atoms with Crippen molar-refractivity contribution in [3.8, 4) is 11.5 Å². The van der Waals surface area contributed by atoms with Gasteiger partial charge in [0.1, 0.15) is 18.1 Å². The minimum atomic E-state index is -0.503. The molecule has 2 heterocycles. The lowest BCUT2D eigenvalue weighted by atomic mass is 9.78. The van der Waals surface area contributed by atoms with Crippen LogP contribution in [0.2, 0.25) is 0 Å². The van der Waals surface area contributed by atoms with Crippen LogP contribution < -0.4 is 14.9 Å². The molecule has 1 aromatic carbocycles. The van der Waals surface area contributed by atoms with E-state index in [0.717, 1.165) is 22.5 Å². The van der Waals surface area contributed by atoms with E-state index in [9.17, 15) is 0 Å². The fourth-order valence-electron chi connectivity index (χ4n) is 2.78. The van der Waals surface area contributed by atoms with Crippen LogP contribution in [0.15, 0.2) is 30.6 Å². The van der Waals surface area contributed by atoms with Gasteiger partial charge >= 0.3 is 7.12 Å². The van der Waals surface area contributed by atoms with Gasteiger partial charge in [0, 0.05) is 11.7 Å². The third-order valence-electron chi connectivity index (χ3n) is 5.06. The van der Waals surface area contributed by atoms with Gasteiger partial charge < -0.3 is 18.8 Å². The molecule has 1 saturated heterocycles. The first kappa shape index (κ1) is 18.8. The maximum Gasteiger partial charge on any atom is 0.498 e. The second-order valence-electron chi connectivity index (χ2n) is 7.62. The summed E-state index contributed by atoms with van der Waals surface area (Å²) >= 11 is 0. The molecule has 1 aromatic heterocycles. The summed E-state index contributed by atoms with van der Waals surface area (Å²) in [4.78, 5) is 0. The number of aryl methyl sites for hydroxylation is 1. The van der Waals surface area contributed by atoms with E-state index in [0.29, 0.717) is 13.2 Å². The largest absolute Gasteiger partial charge is 0.498 e. The van der Waals surface area contributed by atoms with Gasteiger partial charge in [0.05, 0.1) is 31.1 Å². The first-order chi connectivity index (χ1) is 12.2. The zero-order valence-corrected chi connectivity index (χ0v) is 16.4. The molecule has 6 nitrogen and oxygen atoms in total. The molecule has 0 amide bonds. The van der Waals surface area contributed by atoms with Crippen LogP contribution in [-0.2, 0) is 15.9 Å². The zero-order chi connectivity index (χ0) is 18.9. The molecule has 0 aliphatic carbocycles. The standard InChI is InChI=1S/C19H27BN2O4/c1-14-12-21-22(13-14)9-10-24-17-8-7-15(23-6)11-16(17)20-25-18(2,3)19(4,5)26-20/h7-8,11-13H,9-10H2,1-6H3. The average molecular weight is 358 g/mol. The number of rotatable bonds is 6. The third kappa shape index (κ3) is 3.74. The monoisotopic (exact) mass is 358 g/mol. The predicted molar refractivity (Wildman–Crippen MR) is 101 cm³/mol. The number of hydrogen-bond acceptors (Lipinski definition) is 5. The lowest BCUT2D eigenvalue weighted by molar-refractivity contribution is 0.00578. The second-order valence-corrected chi connectivity index (χ2v) is 7.62. The van der Waals surface area contributed by atoms with Gasteiger partial charge in [-0.2, -0.15) is 5.10 Å². The first-order valence-corrected chi connectivity index (χ1v) is 8.87. The minimum Gasteiger partial charge on any atom is -0.497 e. The molecule has 2 aromatic rings. The van der Waals surface area contributed by atoms with Crippen molar-refractivity contribution in [2.24, 2.45) is 0 Å². The highest BCUT2D eigenvalue weighted by Gasteiger charge is 2.52. The summed E-state index contributed by atoms with van der Waals surface area (Å²) in [5.41, 5.74) is 1.14. The molecule has 26 heavy (non-hydrogen) atoms. The van der Waals surface area contributed by atoms with Gasteiger partial charge in [0.25, 0.3) is 0 Å². The fraction of sp³-hybridized carbons (Fsp3) is 0.526. The van der Waals surface area contributed by atoms with E-state index >= 15 is 0 Å². The molecule has 0 atom stereocenters. The fourth-order valence-corrected chi connectivity index (χ4v) is 2.78. The summed E-state index contributed by atoms with van der Waals surface area (Å²) in [6.07, 6.45) is 3.83. The number of benzene rings is 1. The first-order valence-electron chi connectivity index (χ1n) is 8.87. The highest BCUT2D eigenvalue weighted by molar-refractivity contribution is 6.63. The van der Waals surface area contributed by atoms with Crippen LogP contribution in [0.4, 0.5) is 0 Å². The van der Waals surface area contributed by atoms with Crippen LogP contribution in [0.5, 0.6) is 11.5 Å². The average Bonchev–Trinajstić information content (AvgIpc) is 3.08. The molecule has 0 N–H and O–H groups in total.